The second-order valence-corrected chi connectivity index (χ2v) is 7.94. The predicted molar refractivity (Wildman–Crippen MR) is 82.1 cm³/mol. The van der Waals surface area contributed by atoms with Crippen molar-refractivity contribution in [1.29, 1.82) is 0 Å². The number of hydrogen-bond acceptors (Lipinski definition) is 4. The maximum Gasteiger partial charge on any atom is 0.242 e. The Hall–Kier alpha value is -0.400. The molecule has 1 aromatic heterocycles. The van der Waals surface area contributed by atoms with Crippen LogP contribution < -0.4 is 4.72 Å². The summed E-state index contributed by atoms with van der Waals surface area (Å²) in [4.78, 5) is 3.66. The lowest BCUT2D eigenvalue weighted by molar-refractivity contribution is 0.0303. The van der Waals surface area contributed by atoms with E-state index >= 15 is 0 Å². The van der Waals surface area contributed by atoms with E-state index in [1.807, 2.05) is 0 Å². The Morgan fingerprint density at radius 1 is 1.24 bits per heavy atom. The van der Waals surface area contributed by atoms with E-state index in [9.17, 15) is 13.5 Å². The molecule has 0 radical (unpaired) electrons. The van der Waals surface area contributed by atoms with Crippen molar-refractivity contribution in [2.24, 2.45) is 0 Å². The molecule has 8 heteroatoms. The van der Waals surface area contributed by atoms with Crippen LogP contribution in [0, 0.1) is 0 Å². The molecule has 1 heterocycles. The third-order valence-corrected chi connectivity index (χ3v) is 5.76. The molecule has 1 fully saturated rings. The highest BCUT2D eigenvalue weighted by Gasteiger charge is 2.30. The molecule has 0 atom stereocenters. The number of hydrogen-bond donors (Lipinski definition) is 2. The van der Waals surface area contributed by atoms with E-state index in [1.54, 1.807) is 0 Å². The van der Waals surface area contributed by atoms with Gasteiger partial charge in [-0.3, -0.25) is 0 Å². The van der Waals surface area contributed by atoms with E-state index < -0.39 is 15.6 Å². The average molecular weight is 353 g/mol. The lowest BCUT2D eigenvalue weighted by atomic mass is 9.95. The minimum Gasteiger partial charge on any atom is -0.389 e. The van der Waals surface area contributed by atoms with Crippen LogP contribution >= 0.6 is 23.2 Å². The topological polar surface area (TPSA) is 79.3 Å². The summed E-state index contributed by atoms with van der Waals surface area (Å²) in [5, 5.41) is 10.6. The molecular formula is C13H18Cl2N2O3S. The van der Waals surface area contributed by atoms with Gasteiger partial charge in [0, 0.05) is 12.7 Å². The van der Waals surface area contributed by atoms with Gasteiger partial charge in [-0.1, -0.05) is 48.9 Å². The summed E-state index contributed by atoms with van der Waals surface area (Å²) >= 11 is 11.5. The molecule has 21 heavy (non-hydrogen) atoms. The molecule has 0 aromatic carbocycles. The number of sulfonamides is 1. The van der Waals surface area contributed by atoms with Crippen LogP contribution in [0.3, 0.4) is 0 Å². The Morgan fingerprint density at radius 3 is 2.43 bits per heavy atom. The zero-order valence-corrected chi connectivity index (χ0v) is 13.8. The number of nitrogens with zero attached hydrogens (tertiary/aromatic N) is 1. The van der Waals surface area contributed by atoms with Crippen molar-refractivity contribution in [3.63, 3.8) is 0 Å². The number of pyridine rings is 1. The van der Waals surface area contributed by atoms with Crippen LogP contribution in [0.25, 0.3) is 0 Å². The molecule has 0 unspecified atom stereocenters. The molecule has 1 aliphatic rings. The summed E-state index contributed by atoms with van der Waals surface area (Å²) in [6.45, 7) is -0.00439. The Bertz CT molecular complexity index is 599. The third kappa shape index (κ3) is 4.53. The smallest absolute Gasteiger partial charge is 0.242 e. The molecule has 118 valence electrons. The van der Waals surface area contributed by atoms with Crippen LogP contribution in [0.4, 0.5) is 0 Å². The van der Waals surface area contributed by atoms with Crippen LogP contribution in [0.1, 0.15) is 38.5 Å². The second kappa shape index (κ2) is 6.79. The number of rotatable bonds is 4. The van der Waals surface area contributed by atoms with Gasteiger partial charge in [0.25, 0.3) is 0 Å². The summed E-state index contributed by atoms with van der Waals surface area (Å²) in [5.41, 5.74) is -0.979. The van der Waals surface area contributed by atoms with Crippen molar-refractivity contribution in [3.8, 4) is 0 Å². The van der Waals surface area contributed by atoms with Gasteiger partial charge in [0.2, 0.25) is 10.0 Å². The van der Waals surface area contributed by atoms with Gasteiger partial charge in [-0.2, -0.15) is 0 Å². The lowest BCUT2D eigenvalue weighted by Crippen LogP contribution is -2.42. The van der Waals surface area contributed by atoms with Gasteiger partial charge in [-0.05, 0) is 18.9 Å². The highest BCUT2D eigenvalue weighted by molar-refractivity contribution is 7.89. The van der Waals surface area contributed by atoms with Gasteiger partial charge < -0.3 is 5.11 Å². The van der Waals surface area contributed by atoms with Crippen LogP contribution in [-0.4, -0.2) is 30.7 Å². The Labute approximate surface area is 134 Å². The van der Waals surface area contributed by atoms with Crippen molar-refractivity contribution in [1.82, 2.24) is 9.71 Å². The molecule has 0 saturated heterocycles. The molecule has 0 bridgehead atoms. The first-order valence-corrected chi connectivity index (χ1v) is 9.09. The first-order valence-electron chi connectivity index (χ1n) is 6.86. The second-order valence-electron chi connectivity index (χ2n) is 5.41. The summed E-state index contributed by atoms with van der Waals surface area (Å²) in [6.07, 6.45) is 6.33. The summed E-state index contributed by atoms with van der Waals surface area (Å²) in [5.74, 6) is 0. The molecule has 0 aliphatic heterocycles. The van der Waals surface area contributed by atoms with Gasteiger partial charge >= 0.3 is 0 Å². The molecule has 5 nitrogen and oxygen atoms in total. The number of aliphatic hydroxyl groups is 1. The van der Waals surface area contributed by atoms with Crippen LogP contribution in [0.2, 0.25) is 10.2 Å². The quantitative estimate of drug-likeness (QED) is 0.644. The maximum atomic E-state index is 12.2. The number of halogens is 2. The highest BCUT2D eigenvalue weighted by atomic mass is 35.5. The van der Waals surface area contributed by atoms with Gasteiger partial charge in [0.05, 0.1) is 10.6 Å². The van der Waals surface area contributed by atoms with E-state index in [2.05, 4.69) is 9.71 Å². The zero-order chi connectivity index (χ0) is 15.5. The largest absolute Gasteiger partial charge is 0.389 e. The maximum absolute atomic E-state index is 12.2. The minimum absolute atomic E-state index is 0.00439. The van der Waals surface area contributed by atoms with Crippen molar-refractivity contribution in [2.45, 2.75) is 49.0 Å². The summed E-state index contributed by atoms with van der Waals surface area (Å²) < 4.78 is 26.8. The van der Waals surface area contributed by atoms with Crippen molar-refractivity contribution < 1.29 is 13.5 Å². The van der Waals surface area contributed by atoms with Crippen LogP contribution in [-0.2, 0) is 10.0 Å². The SMILES string of the molecule is O=S(=O)(NCC1(O)CCCCCC1)c1cnc(Cl)c(Cl)c1. The Morgan fingerprint density at radius 2 is 1.86 bits per heavy atom. The monoisotopic (exact) mass is 352 g/mol. The molecule has 0 spiro atoms. The van der Waals surface area contributed by atoms with Gasteiger partial charge in [0.15, 0.2) is 0 Å². The van der Waals surface area contributed by atoms with E-state index in [0.29, 0.717) is 12.8 Å². The van der Waals surface area contributed by atoms with Crippen LogP contribution in [0.5, 0.6) is 0 Å². The molecule has 1 aliphatic carbocycles. The van der Waals surface area contributed by atoms with Crippen LogP contribution in [0.15, 0.2) is 17.2 Å². The van der Waals surface area contributed by atoms with Gasteiger partial charge in [-0.15, -0.1) is 0 Å². The summed E-state index contributed by atoms with van der Waals surface area (Å²) in [6, 6.07) is 1.25. The Balaban J connectivity index is 2.08. The van der Waals surface area contributed by atoms with Crippen molar-refractivity contribution in [2.75, 3.05) is 6.54 Å². The zero-order valence-electron chi connectivity index (χ0n) is 11.5. The number of aromatic nitrogens is 1. The fraction of sp³-hybridized carbons (Fsp3) is 0.615. The first kappa shape index (κ1) is 17.0. The van der Waals surface area contributed by atoms with E-state index in [1.165, 1.54) is 6.07 Å². The van der Waals surface area contributed by atoms with Crippen molar-refractivity contribution in [3.05, 3.63) is 22.4 Å². The molecule has 2 rings (SSSR count). The Kier molecular flexibility index (Phi) is 5.48. The third-order valence-electron chi connectivity index (χ3n) is 3.71. The molecular weight excluding hydrogens is 335 g/mol. The van der Waals surface area contributed by atoms with E-state index in [0.717, 1.165) is 31.9 Å². The fourth-order valence-electron chi connectivity index (χ4n) is 2.43. The van der Waals surface area contributed by atoms with E-state index in [4.69, 9.17) is 23.2 Å². The summed E-state index contributed by atoms with van der Waals surface area (Å²) in [7, 11) is -3.76. The van der Waals surface area contributed by atoms with E-state index in [-0.39, 0.29) is 21.6 Å². The molecule has 0 amide bonds. The molecule has 2 N–H and O–H groups in total. The molecule has 1 aromatic rings. The predicted octanol–water partition coefficient (Wildman–Crippen LogP) is 2.75. The first-order chi connectivity index (χ1) is 9.82. The fourth-order valence-corrected chi connectivity index (χ4v) is 3.85. The number of nitrogens with one attached hydrogen (secondary N) is 1. The van der Waals surface area contributed by atoms with Crippen molar-refractivity contribution >= 4 is 33.2 Å². The van der Waals surface area contributed by atoms with Gasteiger partial charge in [-0.25, -0.2) is 18.1 Å². The standard InChI is InChI=1S/C13H18Cl2N2O3S/c14-11-7-10(8-16-12(11)15)21(19,20)17-9-13(18)5-3-1-2-4-6-13/h7-8,17-18H,1-6,9H2. The highest BCUT2D eigenvalue weighted by Crippen LogP contribution is 2.27. The van der Waals surface area contributed by atoms with Gasteiger partial charge in [0.1, 0.15) is 10.0 Å². The minimum atomic E-state index is -3.76. The molecule has 1 saturated carbocycles. The lowest BCUT2D eigenvalue weighted by Gasteiger charge is -2.26. The normalized spacial score (nSPS) is 19.2. The average Bonchev–Trinajstić information content (AvgIpc) is 2.65.